The van der Waals surface area contributed by atoms with Gasteiger partial charge >= 0.3 is 0 Å². The SMILES string of the molecule is Clc1ccccc1-c1cc(N2CCCCC2)nc2ocnc12. The van der Waals surface area contributed by atoms with Gasteiger partial charge in [0.05, 0.1) is 0 Å². The van der Waals surface area contributed by atoms with E-state index >= 15 is 0 Å². The quantitative estimate of drug-likeness (QED) is 0.697. The zero-order valence-electron chi connectivity index (χ0n) is 12.1. The highest BCUT2D eigenvalue weighted by molar-refractivity contribution is 6.33. The normalized spacial score (nSPS) is 15.4. The molecule has 4 nitrogen and oxygen atoms in total. The Labute approximate surface area is 133 Å². The van der Waals surface area contributed by atoms with Crippen molar-refractivity contribution >= 4 is 28.6 Å². The number of aromatic nitrogens is 2. The van der Waals surface area contributed by atoms with Crippen molar-refractivity contribution in [3.63, 3.8) is 0 Å². The van der Waals surface area contributed by atoms with E-state index in [1.807, 2.05) is 24.3 Å². The molecular weight excluding hydrogens is 298 g/mol. The molecule has 112 valence electrons. The molecule has 5 heteroatoms. The summed E-state index contributed by atoms with van der Waals surface area (Å²) in [5.74, 6) is 0.943. The van der Waals surface area contributed by atoms with E-state index in [1.165, 1.54) is 25.7 Å². The van der Waals surface area contributed by atoms with Gasteiger partial charge in [0.1, 0.15) is 11.3 Å². The smallest absolute Gasteiger partial charge is 0.249 e. The number of oxazole rings is 1. The van der Waals surface area contributed by atoms with Crippen LogP contribution in [0.15, 0.2) is 41.1 Å². The number of pyridine rings is 1. The van der Waals surface area contributed by atoms with Crippen LogP contribution in [-0.2, 0) is 0 Å². The van der Waals surface area contributed by atoms with Gasteiger partial charge in [-0.05, 0) is 31.4 Å². The number of halogens is 1. The van der Waals surface area contributed by atoms with Crippen LogP contribution in [0.2, 0.25) is 5.02 Å². The number of anilines is 1. The Morgan fingerprint density at radius 1 is 1.05 bits per heavy atom. The fourth-order valence-electron chi connectivity index (χ4n) is 3.01. The standard InChI is InChI=1S/C17H16ClN3O/c18-14-7-3-2-6-12(14)13-10-15(21-8-4-1-5-9-21)20-17-16(13)19-11-22-17/h2-3,6-7,10-11H,1,4-5,8-9H2. The van der Waals surface area contributed by atoms with Crippen molar-refractivity contribution in [1.82, 2.24) is 9.97 Å². The Morgan fingerprint density at radius 2 is 1.86 bits per heavy atom. The topological polar surface area (TPSA) is 42.2 Å². The molecule has 0 spiro atoms. The summed E-state index contributed by atoms with van der Waals surface area (Å²) in [6.45, 7) is 2.07. The van der Waals surface area contributed by atoms with Gasteiger partial charge in [-0.1, -0.05) is 29.8 Å². The Bertz CT molecular complexity index is 809. The Balaban J connectivity index is 1.89. The number of benzene rings is 1. The van der Waals surface area contributed by atoms with Crippen LogP contribution >= 0.6 is 11.6 Å². The van der Waals surface area contributed by atoms with Gasteiger partial charge in [-0.15, -0.1) is 0 Å². The van der Waals surface area contributed by atoms with Crippen molar-refractivity contribution < 1.29 is 4.42 Å². The molecule has 4 rings (SSSR count). The summed E-state index contributed by atoms with van der Waals surface area (Å²) >= 11 is 6.37. The number of hydrogen-bond donors (Lipinski definition) is 0. The molecular formula is C17H16ClN3O. The van der Waals surface area contributed by atoms with Crippen LogP contribution in [0.5, 0.6) is 0 Å². The molecule has 0 aliphatic carbocycles. The minimum Gasteiger partial charge on any atom is -0.425 e. The van der Waals surface area contributed by atoms with Gasteiger partial charge < -0.3 is 9.32 Å². The van der Waals surface area contributed by atoms with Gasteiger partial charge in [0.15, 0.2) is 6.39 Å². The molecule has 1 aromatic carbocycles. The molecule has 1 aliphatic heterocycles. The first-order valence-electron chi connectivity index (χ1n) is 7.57. The van der Waals surface area contributed by atoms with E-state index in [2.05, 4.69) is 20.9 Å². The van der Waals surface area contributed by atoms with Crippen molar-refractivity contribution in [2.75, 3.05) is 18.0 Å². The summed E-state index contributed by atoms with van der Waals surface area (Å²) in [7, 11) is 0. The van der Waals surface area contributed by atoms with E-state index in [0.29, 0.717) is 10.7 Å². The minimum atomic E-state index is 0.568. The van der Waals surface area contributed by atoms with Crippen LogP contribution in [0.4, 0.5) is 5.82 Å². The van der Waals surface area contributed by atoms with Crippen LogP contribution in [0.3, 0.4) is 0 Å². The molecule has 0 saturated carbocycles. The monoisotopic (exact) mass is 313 g/mol. The Kier molecular flexibility index (Phi) is 3.47. The lowest BCUT2D eigenvalue weighted by molar-refractivity contribution is 0.567. The first-order valence-corrected chi connectivity index (χ1v) is 7.95. The fraction of sp³-hybridized carbons (Fsp3) is 0.294. The molecule has 0 bridgehead atoms. The zero-order valence-corrected chi connectivity index (χ0v) is 12.9. The van der Waals surface area contributed by atoms with Crippen LogP contribution in [0, 0.1) is 0 Å². The third-order valence-corrected chi connectivity index (χ3v) is 4.47. The van der Waals surface area contributed by atoms with Gasteiger partial charge in [0, 0.05) is 29.2 Å². The third-order valence-electron chi connectivity index (χ3n) is 4.14. The fourth-order valence-corrected chi connectivity index (χ4v) is 3.25. The molecule has 0 atom stereocenters. The maximum Gasteiger partial charge on any atom is 0.249 e. The van der Waals surface area contributed by atoms with Gasteiger partial charge in [-0.2, -0.15) is 4.98 Å². The number of rotatable bonds is 2. The summed E-state index contributed by atoms with van der Waals surface area (Å²) < 4.78 is 5.46. The summed E-state index contributed by atoms with van der Waals surface area (Å²) in [5, 5.41) is 0.711. The van der Waals surface area contributed by atoms with Crippen LogP contribution in [-0.4, -0.2) is 23.1 Å². The average molecular weight is 314 g/mol. The van der Waals surface area contributed by atoms with Crippen molar-refractivity contribution in [3.05, 3.63) is 41.7 Å². The van der Waals surface area contributed by atoms with Crippen LogP contribution < -0.4 is 4.90 Å². The lowest BCUT2D eigenvalue weighted by Crippen LogP contribution is -2.30. The van der Waals surface area contributed by atoms with Gasteiger partial charge in [-0.3, -0.25) is 0 Å². The first kappa shape index (κ1) is 13.6. The number of fused-ring (bicyclic) bond motifs is 1. The predicted octanol–water partition coefficient (Wildman–Crippen LogP) is 4.53. The van der Waals surface area contributed by atoms with Crippen LogP contribution in [0.25, 0.3) is 22.4 Å². The molecule has 3 heterocycles. The van der Waals surface area contributed by atoms with E-state index in [1.54, 1.807) is 0 Å². The number of piperidine rings is 1. The van der Waals surface area contributed by atoms with E-state index in [-0.39, 0.29) is 0 Å². The average Bonchev–Trinajstić information content (AvgIpc) is 3.04. The maximum absolute atomic E-state index is 6.37. The second-order valence-corrected chi connectivity index (χ2v) is 5.97. The van der Waals surface area contributed by atoms with Crippen molar-refractivity contribution in [2.45, 2.75) is 19.3 Å². The highest BCUT2D eigenvalue weighted by Gasteiger charge is 2.18. The Hall–Kier alpha value is -2.07. The van der Waals surface area contributed by atoms with E-state index in [4.69, 9.17) is 16.0 Å². The molecule has 3 aromatic rings. The van der Waals surface area contributed by atoms with Crippen LogP contribution in [0.1, 0.15) is 19.3 Å². The predicted molar refractivity (Wildman–Crippen MR) is 88.3 cm³/mol. The largest absolute Gasteiger partial charge is 0.425 e. The van der Waals surface area contributed by atoms with Gasteiger partial charge in [-0.25, -0.2) is 4.98 Å². The van der Waals surface area contributed by atoms with Gasteiger partial charge in [0.2, 0.25) is 5.71 Å². The van der Waals surface area contributed by atoms with E-state index < -0.39 is 0 Å². The summed E-state index contributed by atoms with van der Waals surface area (Å²) in [4.78, 5) is 11.3. The van der Waals surface area contributed by atoms with E-state index in [9.17, 15) is 0 Å². The number of nitrogens with zero attached hydrogens (tertiary/aromatic N) is 3. The molecule has 1 fully saturated rings. The molecule has 1 saturated heterocycles. The summed E-state index contributed by atoms with van der Waals surface area (Å²) in [6, 6.07) is 9.89. The molecule has 0 amide bonds. The third kappa shape index (κ3) is 2.33. The maximum atomic E-state index is 6.37. The van der Waals surface area contributed by atoms with Gasteiger partial charge in [0.25, 0.3) is 0 Å². The van der Waals surface area contributed by atoms with E-state index in [0.717, 1.165) is 35.6 Å². The molecule has 0 radical (unpaired) electrons. The molecule has 1 aliphatic rings. The minimum absolute atomic E-state index is 0.568. The first-order chi connectivity index (χ1) is 10.8. The summed E-state index contributed by atoms with van der Waals surface area (Å²) in [6.07, 6.45) is 5.14. The Morgan fingerprint density at radius 3 is 2.68 bits per heavy atom. The lowest BCUT2D eigenvalue weighted by Gasteiger charge is -2.28. The molecule has 0 N–H and O–H groups in total. The zero-order chi connectivity index (χ0) is 14.9. The molecule has 22 heavy (non-hydrogen) atoms. The molecule has 0 unspecified atom stereocenters. The second kappa shape index (κ2) is 5.61. The summed E-state index contributed by atoms with van der Waals surface area (Å²) in [5.41, 5.74) is 3.26. The van der Waals surface area contributed by atoms with Crippen molar-refractivity contribution in [1.29, 1.82) is 0 Å². The molecule has 2 aromatic heterocycles. The highest BCUT2D eigenvalue weighted by Crippen LogP contribution is 2.35. The van der Waals surface area contributed by atoms with Crippen molar-refractivity contribution in [3.8, 4) is 11.1 Å². The number of hydrogen-bond acceptors (Lipinski definition) is 4. The highest BCUT2D eigenvalue weighted by atomic mass is 35.5. The lowest BCUT2D eigenvalue weighted by atomic mass is 10.0. The van der Waals surface area contributed by atoms with Crippen molar-refractivity contribution in [2.24, 2.45) is 0 Å². The second-order valence-electron chi connectivity index (χ2n) is 5.56.